The molecule has 0 aromatic carbocycles. The lowest BCUT2D eigenvalue weighted by atomic mass is 10.2. The molecule has 0 atom stereocenters. The molecule has 4 nitrogen and oxygen atoms in total. The van der Waals surface area contributed by atoms with E-state index in [0.29, 0.717) is 11.3 Å². The van der Waals surface area contributed by atoms with Gasteiger partial charge in [0.05, 0.1) is 5.69 Å². The fourth-order valence-corrected chi connectivity index (χ4v) is 1.32. The van der Waals surface area contributed by atoms with Crippen molar-refractivity contribution in [2.45, 2.75) is 6.92 Å². The molecule has 70 valence electrons. The number of hydrogen-bond acceptors (Lipinski definition) is 2. The molecule has 0 unspecified atom stereocenters. The topological polar surface area (TPSA) is 44.0 Å². The lowest BCUT2D eigenvalue weighted by Crippen LogP contribution is -2.39. The Balaban J connectivity index is 3.88. The first-order valence-corrected chi connectivity index (χ1v) is 3.89. The van der Waals surface area contributed by atoms with Crippen molar-refractivity contribution in [1.29, 1.82) is 0 Å². The Labute approximate surface area is 75.7 Å². The first-order valence-electron chi connectivity index (χ1n) is 3.89. The van der Waals surface area contributed by atoms with Crippen molar-refractivity contribution in [3.63, 3.8) is 0 Å². The lowest BCUT2D eigenvalue weighted by Gasteiger charge is -2.08. The molecule has 13 heavy (non-hydrogen) atoms. The third-order valence-corrected chi connectivity index (χ3v) is 2.14. The molecular weight excluding hydrogens is 168 g/mol. The molecule has 4 heteroatoms. The van der Waals surface area contributed by atoms with Crippen LogP contribution >= 0.6 is 0 Å². The third kappa shape index (κ3) is 1.24. The number of aromatic nitrogens is 2. The molecule has 1 aromatic heterocycles. The van der Waals surface area contributed by atoms with Crippen LogP contribution in [0.15, 0.2) is 16.2 Å². The highest BCUT2D eigenvalue weighted by molar-refractivity contribution is 5.45. The summed E-state index contributed by atoms with van der Waals surface area (Å²) in [5.74, 6) is 0. The van der Waals surface area contributed by atoms with Crippen LogP contribution in [-0.4, -0.2) is 9.13 Å². The van der Waals surface area contributed by atoms with E-state index in [9.17, 15) is 9.59 Å². The molecule has 1 aromatic rings. The van der Waals surface area contributed by atoms with Crippen LogP contribution in [0.4, 0.5) is 0 Å². The Morgan fingerprint density at radius 3 is 2.23 bits per heavy atom. The maximum Gasteiger partial charge on any atom is 0.330 e. The van der Waals surface area contributed by atoms with Gasteiger partial charge in [0.15, 0.2) is 0 Å². The Hall–Kier alpha value is -1.58. The highest BCUT2D eigenvalue weighted by Gasteiger charge is 2.07. The van der Waals surface area contributed by atoms with Gasteiger partial charge in [0, 0.05) is 19.7 Å². The zero-order chi connectivity index (χ0) is 10.2. The summed E-state index contributed by atoms with van der Waals surface area (Å²) in [6, 6.07) is 0. The van der Waals surface area contributed by atoms with Crippen molar-refractivity contribution >= 4 is 6.08 Å². The van der Waals surface area contributed by atoms with Crippen LogP contribution in [0.3, 0.4) is 0 Å². The molecule has 0 aliphatic carbocycles. The van der Waals surface area contributed by atoms with Crippen LogP contribution in [0.5, 0.6) is 0 Å². The van der Waals surface area contributed by atoms with Crippen LogP contribution in [0, 0.1) is 6.92 Å². The van der Waals surface area contributed by atoms with Crippen molar-refractivity contribution in [1.82, 2.24) is 9.13 Å². The largest absolute Gasteiger partial charge is 0.330 e. The summed E-state index contributed by atoms with van der Waals surface area (Å²) in [5, 5.41) is 0. The summed E-state index contributed by atoms with van der Waals surface area (Å²) in [6.45, 7) is 5.24. The summed E-state index contributed by atoms with van der Waals surface area (Å²) in [7, 11) is 3.08. The zero-order valence-electron chi connectivity index (χ0n) is 8.00. The van der Waals surface area contributed by atoms with E-state index in [1.54, 1.807) is 14.0 Å². The molecule has 0 saturated heterocycles. The predicted octanol–water partition coefficient (Wildman–Crippen LogP) is 0.0354. The highest BCUT2D eigenvalue weighted by Crippen LogP contribution is 1.99. The maximum absolute atomic E-state index is 11.4. The van der Waals surface area contributed by atoms with Crippen molar-refractivity contribution < 1.29 is 0 Å². The van der Waals surface area contributed by atoms with E-state index >= 15 is 0 Å². The minimum Gasteiger partial charge on any atom is -0.297 e. The van der Waals surface area contributed by atoms with Crippen LogP contribution in [0.25, 0.3) is 6.08 Å². The highest BCUT2D eigenvalue weighted by atomic mass is 16.2. The molecular formula is C9H12N2O2. The summed E-state index contributed by atoms with van der Waals surface area (Å²) >= 11 is 0. The van der Waals surface area contributed by atoms with Gasteiger partial charge in [-0.05, 0) is 13.0 Å². The van der Waals surface area contributed by atoms with Crippen molar-refractivity contribution in [2.75, 3.05) is 0 Å². The molecule has 0 amide bonds. The fourth-order valence-electron chi connectivity index (χ4n) is 1.32. The summed E-state index contributed by atoms with van der Waals surface area (Å²) in [6.07, 6.45) is 1.51. The standard InChI is InChI=1S/C9H12N2O2/c1-5-7-6(2)8(12)11(4)9(13)10(7)3/h5H,1H2,2-4H3. The van der Waals surface area contributed by atoms with Crippen molar-refractivity contribution in [3.8, 4) is 0 Å². The summed E-state index contributed by atoms with van der Waals surface area (Å²) < 4.78 is 2.49. The number of rotatable bonds is 1. The zero-order valence-corrected chi connectivity index (χ0v) is 8.00. The van der Waals surface area contributed by atoms with E-state index in [0.717, 1.165) is 4.57 Å². The van der Waals surface area contributed by atoms with Gasteiger partial charge in [0.2, 0.25) is 0 Å². The van der Waals surface area contributed by atoms with Gasteiger partial charge in [0.25, 0.3) is 5.56 Å². The second-order valence-electron chi connectivity index (χ2n) is 2.92. The number of hydrogen-bond donors (Lipinski definition) is 0. The van der Waals surface area contributed by atoms with E-state index in [-0.39, 0.29) is 11.2 Å². The molecule has 0 fully saturated rings. The SMILES string of the molecule is C=Cc1c(C)c(=O)n(C)c(=O)n1C. The van der Waals surface area contributed by atoms with Gasteiger partial charge in [-0.3, -0.25) is 13.9 Å². The first kappa shape index (κ1) is 9.51. The average molecular weight is 180 g/mol. The van der Waals surface area contributed by atoms with Gasteiger partial charge < -0.3 is 0 Å². The van der Waals surface area contributed by atoms with E-state index < -0.39 is 0 Å². The summed E-state index contributed by atoms with van der Waals surface area (Å²) in [5.41, 5.74) is 0.524. The second-order valence-corrected chi connectivity index (χ2v) is 2.92. The second kappa shape index (κ2) is 3.05. The monoisotopic (exact) mass is 180 g/mol. The smallest absolute Gasteiger partial charge is 0.297 e. The predicted molar refractivity (Wildman–Crippen MR) is 51.8 cm³/mol. The first-order chi connectivity index (χ1) is 6.00. The third-order valence-electron chi connectivity index (χ3n) is 2.14. The van der Waals surface area contributed by atoms with Crippen LogP contribution < -0.4 is 11.2 Å². The van der Waals surface area contributed by atoms with E-state index in [2.05, 4.69) is 6.58 Å². The molecule has 0 aliphatic rings. The Morgan fingerprint density at radius 1 is 1.23 bits per heavy atom. The molecule has 0 aliphatic heterocycles. The van der Waals surface area contributed by atoms with Crippen LogP contribution in [0.2, 0.25) is 0 Å². The molecule has 0 saturated carbocycles. The van der Waals surface area contributed by atoms with Crippen LogP contribution in [0.1, 0.15) is 11.3 Å². The van der Waals surface area contributed by atoms with Crippen molar-refractivity contribution in [3.05, 3.63) is 38.7 Å². The molecule has 0 N–H and O–H groups in total. The normalized spacial score (nSPS) is 10.1. The molecule has 0 bridgehead atoms. The average Bonchev–Trinajstić information content (AvgIpc) is 2.13. The fraction of sp³-hybridized carbons (Fsp3) is 0.333. The van der Waals surface area contributed by atoms with Gasteiger partial charge >= 0.3 is 5.69 Å². The van der Waals surface area contributed by atoms with Gasteiger partial charge in [-0.1, -0.05) is 6.58 Å². The molecule has 0 radical (unpaired) electrons. The van der Waals surface area contributed by atoms with E-state index in [4.69, 9.17) is 0 Å². The van der Waals surface area contributed by atoms with E-state index in [1.807, 2.05) is 0 Å². The van der Waals surface area contributed by atoms with Gasteiger partial charge in [-0.15, -0.1) is 0 Å². The van der Waals surface area contributed by atoms with Crippen molar-refractivity contribution in [2.24, 2.45) is 14.1 Å². The van der Waals surface area contributed by atoms with Crippen LogP contribution in [-0.2, 0) is 14.1 Å². The quantitative estimate of drug-likeness (QED) is 0.612. The Morgan fingerprint density at radius 2 is 1.77 bits per heavy atom. The summed E-state index contributed by atoms with van der Waals surface area (Å²) in [4.78, 5) is 22.8. The minimum absolute atomic E-state index is 0.266. The maximum atomic E-state index is 11.4. The van der Waals surface area contributed by atoms with Gasteiger partial charge in [0.1, 0.15) is 0 Å². The van der Waals surface area contributed by atoms with E-state index in [1.165, 1.54) is 17.7 Å². The van der Waals surface area contributed by atoms with Gasteiger partial charge in [-0.25, -0.2) is 4.79 Å². The van der Waals surface area contributed by atoms with Gasteiger partial charge in [-0.2, -0.15) is 0 Å². The molecule has 1 rings (SSSR count). The molecule has 1 heterocycles. The minimum atomic E-state index is -0.328. The number of nitrogens with zero attached hydrogens (tertiary/aromatic N) is 2. The molecule has 0 spiro atoms. The lowest BCUT2D eigenvalue weighted by molar-refractivity contribution is 0.671. The Bertz CT molecular complexity index is 428. The Kier molecular flexibility index (Phi) is 2.23.